The number of methoxy groups -OCH3 is 1. The molecule has 1 saturated carbocycles. The van der Waals surface area contributed by atoms with Gasteiger partial charge in [-0.1, -0.05) is 30.3 Å². The number of aliphatic hydroxyl groups is 1. The van der Waals surface area contributed by atoms with Crippen LogP contribution in [0.5, 0.6) is 5.75 Å². The van der Waals surface area contributed by atoms with E-state index in [2.05, 4.69) is 18.3 Å². The summed E-state index contributed by atoms with van der Waals surface area (Å²) in [6.07, 6.45) is 1.43. The highest BCUT2D eigenvalue weighted by atomic mass is 16.5. The largest absolute Gasteiger partial charge is 0.497 e. The second kappa shape index (κ2) is 6.89. The molecule has 1 saturated heterocycles. The Labute approximate surface area is 160 Å². The minimum Gasteiger partial charge on any atom is -0.497 e. The number of urea groups is 1. The molecule has 0 spiro atoms. The van der Waals surface area contributed by atoms with Crippen molar-refractivity contribution < 1.29 is 14.6 Å². The number of benzene rings is 2. The fourth-order valence-corrected chi connectivity index (χ4v) is 4.74. The number of anilines is 1. The van der Waals surface area contributed by atoms with Crippen molar-refractivity contribution in [2.75, 3.05) is 25.5 Å². The second-order valence-corrected chi connectivity index (χ2v) is 7.84. The van der Waals surface area contributed by atoms with Gasteiger partial charge in [0, 0.05) is 24.8 Å². The lowest BCUT2D eigenvalue weighted by Crippen LogP contribution is -2.35. The normalized spacial score (nSPS) is 26.7. The molecular weight excluding hydrogens is 340 g/mol. The number of carbonyl (C=O) groups excluding carboxylic acids is 1. The highest BCUT2D eigenvalue weighted by Crippen LogP contribution is 2.49. The van der Waals surface area contributed by atoms with Crippen LogP contribution in [-0.4, -0.2) is 36.2 Å². The topological polar surface area (TPSA) is 61.8 Å². The van der Waals surface area contributed by atoms with E-state index in [1.54, 1.807) is 7.11 Å². The predicted octanol–water partition coefficient (Wildman–Crippen LogP) is 3.77. The van der Waals surface area contributed by atoms with E-state index in [1.807, 2.05) is 47.4 Å². The third-order valence-electron chi connectivity index (χ3n) is 6.03. The maximum Gasteiger partial charge on any atom is 0.321 e. The molecule has 2 aromatic carbocycles. The van der Waals surface area contributed by atoms with Crippen LogP contribution in [0, 0.1) is 18.8 Å². The molecule has 0 bridgehead atoms. The van der Waals surface area contributed by atoms with E-state index in [0.29, 0.717) is 37.8 Å². The molecule has 27 heavy (non-hydrogen) atoms. The molecule has 3 atom stereocenters. The lowest BCUT2D eigenvalue weighted by Gasteiger charge is -2.28. The van der Waals surface area contributed by atoms with Gasteiger partial charge in [-0.05, 0) is 54.9 Å². The minimum atomic E-state index is -0.768. The fourth-order valence-electron chi connectivity index (χ4n) is 4.74. The standard InChI is InChI=1S/C22H26N2O3/c1-15-6-3-4-9-20(15)22(26)11-16-13-24(14-17(16)12-22)21(25)23-18-7-5-8-19(10-18)27-2/h3-10,16-17,26H,11-14H2,1-2H3,(H,23,25)/t16-,17+,22-. The van der Waals surface area contributed by atoms with Gasteiger partial charge in [0.15, 0.2) is 0 Å². The Hall–Kier alpha value is -2.53. The average molecular weight is 366 g/mol. The van der Waals surface area contributed by atoms with Gasteiger partial charge in [-0.15, -0.1) is 0 Å². The summed E-state index contributed by atoms with van der Waals surface area (Å²) in [5.41, 5.74) is 2.13. The van der Waals surface area contributed by atoms with Crippen LogP contribution < -0.4 is 10.1 Å². The fraction of sp³-hybridized carbons (Fsp3) is 0.409. The first-order chi connectivity index (χ1) is 13.0. The average Bonchev–Trinajstić information content (AvgIpc) is 3.18. The van der Waals surface area contributed by atoms with Crippen LogP contribution in [0.3, 0.4) is 0 Å². The zero-order valence-electron chi connectivity index (χ0n) is 15.8. The lowest BCUT2D eigenvalue weighted by molar-refractivity contribution is 0.0322. The molecular formula is C22H26N2O3. The first-order valence-electron chi connectivity index (χ1n) is 9.47. The highest BCUT2D eigenvalue weighted by molar-refractivity contribution is 5.89. The van der Waals surface area contributed by atoms with Crippen molar-refractivity contribution in [3.8, 4) is 5.75 Å². The van der Waals surface area contributed by atoms with Crippen molar-refractivity contribution in [1.29, 1.82) is 0 Å². The monoisotopic (exact) mass is 366 g/mol. The third-order valence-corrected chi connectivity index (χ3v) is 6.03. The zero-order chi connectivity index (χ0) is 19.0. The highest BCUT2D eigenvalue weighted by Gasteiger charge is 2.50. The Morgan fingerprint density at radius 3 is 2.52 bits per heavy atom. The van der Waals surface area contributed by atoms with Crippen molar-refractivity contribution in [3.63, 3.8) is 0 Å². The van der Waals surface area contributed by atoms with Gasteiger partial charge in [0.25, 0.3) is 0 Å². The van der Waals surface area contributed by atoms with Crippen LogP contribution in [0.1, 0.15) is 24.0 Å². The zero-order valence-corrected chi connectivity index (χ0v) is 15.8. The van der Waals surface area contributed by atoms with Crippen molar-refractivity contribution in [3.05, 3.63) is 59.7 Å². The first kappa shape index (κ1) is 17.9. The molecule has 0 radical (unpaired) electrons. The van der Waals surface area contributed by atoms with Gasteiger partial charge in [-0.25, -0.2) is 4.79 Å². The molecule has 0 unspecified atom stereocenters. The van der Waals surface area contributed by atoms with Gasteiger partial charge in [0.05, 0.1) is 12.7 Å². The van der Waals surface area contributed by atoms with Crippen LogP contribution in [0.4, 0.5) is 10.5 Å². The Kier molecular flexibility index (Phi) is 4.56. The molecule has 0 aromatic heterocycles. The number of ether oxygens (including phenoxy) is 1. The van der Waals surface area contributed by atoms with E-state index in [9.17, 15) is 9.90 Å². The Morgan fingerprint density at radius 1 is 1.15 bits per heavy atom. The van der Waals surface area contributed by atoms with Gasteiger partial charge in [0.2, 0.25) is 0 Å². The summed E-state index contributed by atoms with van der Waals surface area (Å²) in [5, 5.41) is 14.2. The van der Waals surface area contributed by atoms with Gasteiger partial charge >= 0.3 is 6.03 Å². The summed E-state index contributed by atoms with van der Waals surface area (Å²) in [4.78, 5) is 14.5. The summed E-state index contributed by atoms with van der Waals surface area (Å²) < 4.78 is 5.20. The summed E-state index contributed by atoms with van der Waals surface area (Å²) >= 11 is 0. The minimum absolute atomic E-state index is 0.0860. The number of fused-ring (bicyclic) bond motifs is 1. The molecule has 4 rings (SSSR count). The van der Waals surface area contributed by atoms with Crippen molar-refractivity contribution in [1.82, 2.24) is 4.90 Å². The Bertz CT molecular complexity index is 837. The van der Waals surface area contributed by atoms with E-state index in [1.165, 1.54) is 0 Å². The predicted molar refractivity (Wildman–Crippen MR) is 105 cm³/mol. The molecule has 2 aromatic rings. The lowest BCUT2D eigenvalue weighted by atomic mass is 9.87. The third kappa shape index (κ3) is 3.39. The van der Waals surface area contributed by atoms with Crippen LogP contribution in [0.25, 0.3) is 0 Å². The first-order valence-corrected chi connectivity index (χ1v) is 9.47. The molecule has 1 heterocycles. The summed E-state index contributed by atoms with van der Waals surface area (Å²) in [5.74, 6) is 1.39. The van der Waals surface area contributed by atoms with Crippen LogP contribution in [-0.2, 0) is 5.60 Å². The maximum absolute atomic E-state index is 12.6. The summed E-state index contributed by atoms with van der Waals surface area (Å²) in [7, 11) is 1.61. The number of aryl methyl sites for hydroxylation is 1. The number of hydrogen-bond donors (Lipinski definition) is 2. The Balaban J connectivity index is 1.41. The number of carbonyl (C=O) groups is 1. The molecule has 1 aliphatic heterocycles. The maximum atomic E-state index is 12.6. The number of likely N-dealkylation sites (tertiary alicyclic amines) is 1. The quantitative estimate of drug-likeness (QED) is 0.869. The van der Waals surface area contributed by atoms with Crippen molar-refractivity contribution in [2.24, 2.45) is 11.8 Å². The number of amides is 2. The molecule has 2 amide bonds. The van der Waals surface area contributed by atoms with E-state index in [-0.39, 0.29) is 6.03 Å². The van der Waals surface area contributed by atoms with E-state index in [4.69, 9.17) is 4.74 Å². The van der Waals surface area contributed by atoms with Gasteiger partial charge < -0.3 is 20.1 Å². The molecule has 2 fully saturated rings. The molecule has 1 aliphatic carbocycles. The molecule has 5 heteroatoms. The van der Waals surface area contributed by atoms with E-state index < -0.39 is 5.60 Å². The molecule has 2 N–H and O–H groups in total. The van der Waals surface area contributed by atoms with Gasteiger partial charge in [-0.2, -0.15) is 0 Å². The molecule has 5 nitrogen and oxygen atoms in total. The second-order valence-electron chi connectivity index (χ2n) is 7.84. The summed E-state index contributed by atoms with van der Waals surface area (Å²) in [6.45, 7) is 3.43. The van der Waals surface area contributed by atoms with Gasteiger partial charge in [-0.3, -0.25) is 0 Å². The van der Waals surface area contributed by atoms with Crippen molar-refractivity contribution >= 4 is 11.7 Å². The summed E-state index contributed by atoms with van der Waals surface area (Å²) in [6, 6.07) is 15.4. The van der Waals surface area contributed by atoms with E-state index in [0.717, 1.165) is 22.6 Å². The molecule has 2 aliphatic rings. The smallest absolute Gasteiger partial charge is 0.321 e. The number of hydrogen-bond acceptors (Lipinski definition) is 3. The number of rotatable bonds is 3. The van der Waals surface area contributed by atoms with E-state index >= 15 is 0 Å². The molecule has 142 valence electrons. The van der Waals surface area contributed by atoms with Crippen LogP contribution in [0.2, 0.25) is 0 Å². The number of nitrogens with zero attached hydrogens (tertiary/aromatic N) is 1. The van der Waals surface area contributed by atoms with Crippen molar-refractivity contribution in [2.45, 2.75) is 25.4 Å². The van der Waals surface area contributed by atoms with Crippen LogP contribution in [0.15, 0.2) is 48.5 Å². The SMILES string of the molecule is COc1cccc(NC(=O)N2C[C@@H]3C[C@@](O)(c4ccccc4C)C[C@@H]3C2)c1. The van der Waals surface area contributed by atoms with Gasteiger partial charge in [0.1, 0.15) is 5.75 Å². The van der Waals surface area contributed by atoms with Crippen LogP contribution >= 0.6 is 0 Å². The Morgan fingerprint density at radius 2 is 1.85 bits per heavy atom. The number of nitrogens with one attached hydrogen (secondary N) is 1.